The Balaban J connectivity index is 1.59. The van der Waals surface area contributed by atoms with E-state index >= 15 is 0 Å². The molecule has 2 atom stereocenters. The zero-order valence-electron chi connectivity index (χ0n) is 17.9. The van der Waals surface area contributed by atoms with Crippen LogP contribution in [-0.2, 0) is 17.8 Å². The lowest BCUT2D eigenvalue weighted by atomic mass is 9.86. The molecule has 1 aromatic carbocycles. The van der Waals surface area contributed by atoms with Gasteiger partial charge in [0.05, 0.1) is 5.69 Å². The van der Waals surface area contributed by atoms with Gasteiger partial charge in [-0.1, -0.05) is 51.0 Å². The highest BCUT2D eigenvalue weighted by atomic mass is 16.2. The number of hydrogen-bond acceptors (Lipinski definition) is 4. The van der Waals surface area contributed by atoms with E-state index in [1.54, 1.807) is 17.5 Å². The Morgan fingerprint density at radius 1 is 1.17 bits per heavy atom. The maximum Gasteiger partial charge on any atom is 0.293 e. The minimum atomic E-state index is -0.309. The van der Waals surface area contributed by atoms with Gasteiger partial charge in [-0.2, -0.15) is 10.2 Å². The molecule has 158 valence electrons. The molecule has 0 bridgehead atoms. The van der Waals surface area contributed by atoms with Crippen molar-refractivity contribution in [1.29, 1.82) is 0 Å². The molecule has 7 heteroatoms. The molecule has 2 aromatic heterocycles. The standard InChI is InChI=1S/C23H29N5O2/c1-4-17-9-11-18(12-10-17)20-13-21-23(30)27(25-16(3)28(21)26-20)14-22(29)24-19-8-6-5-7-15(19)2/h9-13,15,19H,4-8,14H2,1-3H3,(H,24,29)/t15-,19-/m0/s1. The highest BCUT2D eigenvalue weighted by Gasteiger charge is 2.23. The molecule has 1 fully saturated rings. The number of hydrogen-bond donors (Lipinski definition) is 1. The molecule has 2 heterocycles. The maximum absolute atomic E-state index is 13.0. The van der Waals surface area contributed by atoms with Crippen LogP contribution in [0.2, 0.25) is 0 Å². The fraction of sp³-hybridized carbons (Fsp3) is 0.478. The minimum absolute atomic E-state index is 0.0783. The molecule has 0 spiro atoms. The molecule has 1 amide bonds. The van der Waals surface area contributed by atoms with E-state index in [4.69, 9.17) is 0 Å². The summed E-state index contributed by atoms with van der Waals surface area (Å²) in [4.78, 5) is 25.6. The molecule has 30 heavy (non-hydrogen) atoms. The van der Waals surface area contributed by atoms with E-state index in [-0.39, 0.29) is 24.1 Å². The van der Waals surface area contributed by atoms with Crippen LogP contribution in [0.5, 0.6) is 0 Å². The topological polar surface area (TPSA) is 81.3 Å². The third kappa shape index (κ3) is 4.01. The van der Waals surface area contributed by atoms with Crippen LogP contribution in [-0.4, -0.2) is 31.3 Å². The highest BCUT2D eigenvalue weighted by Crippen LogP contribution is 2.23. The Morgan fingerprint density at radius 2 is 1.90 bits per heavy atom. The summed E-state index contributed by atoms with van der Waals surface area (Å²) in [5.74, 6) is 0.870. The maximum atomic E-state index is 13.0. The predicted octanol–water partition coefficient (Wildman–Crippen LogP) is 3.12. The van der Waals surface area contributed by atoms with Gasteiger partial charge >= 0.3 is 0 Å². The van der Waals surface area contributed by atoms with Gasteiger partial charge in [0, 0.05) is 11.6 Å². The van der Waals surface area contributed by atoms with Gasteiger partial charge in [0.1, 0.15) is 17.9 Å². The van der Waals surface area contributed by atoms with E-state index in [1.807, 2.05) is 12.1 Å². The molecule has 3 aromatic rings. The molecule has 4 rings (SSSR count). The predicted molar refractivity (Wildman–Crippen MR) is 116 cm³/mol. The third-order valence-corrected chi connectivity index (χ3v) is 6.14. The Bertz CT molecular complexity index is 1110. The first kappa shape index (κ1) is 20.3. The van der Waals surface area contributed by atoms with Gasteiger partial charge in [0.25, 0.3) is 5.56 Å². The van der Waals surface area contributed by atoms with E-state index < -0.39 is 0 Å². The van der Waals surface area contributed by atoms with Gasteiger partial charge in [0.15, 0.2) is 0 Å². The highest BCUT2D eigenvalue weighted by molar-refractivity contribution is 5.76. The smallest absolute Gasteiger partial charge is 0.293 e. The van der Waals surface area contributed by atoms with Crippen LogP contribution in [0.1, 0.15) is 50.9 Å². The second-order valence-corrected chi connectivity index (χ2v) is 8.32. The van der Waals surface area contributed by atoms with E-state index in [0.717, 1.165) is 36.9 Å². The van der Waals surface area contributed by atoms with Crippen LogP contribution in [0.15, 0.2) is 35.1 Å². The van der Waals surface area contributed by atoms with Crippen molar-refractivity contribution >= 4 is 11.4 Å². The Labute approximate surface area is 176 Å². The van der Waals surface area contributed by atoms with Crippen molar-refractivity contribution in [2.24, 2.45) is 5.92 Å². The van der Waals surface area contributed by atoms with Crippen LogP contribution >= 0.6 is 0 Å². The Hall–Kier alpha value is -2.96. The van der Waals surface area contributed by atoms with Crippen LogP contribution < -0.4 is 10.9 Å². The minimum Gasteiger partial charge on any atom is -0.351 e. The van der Waals surface area contributed by atoms with E-state index in [1.165, 1.54) is 16.7 Å². The summed E-state index contributed by atoms with van der Waals surface area (Å²) in [7, 11) is 0. The lowest BCUT2D eigenvalue weighted by molar-refractivity contribution is -0.123. The summed E-state index contributed by atoms with van der Waals surface area (Å²) < 4.78 is 2.81. The number of nitrogens with one attached hydrogen (secondary N) is 1. The SMILES string of the molecule is CCc1ccc(-c2cc3c(=O)n(CC(=O)N[C@H]4CCCC[C@@H]4C)nc(C)n3n2)cc1. The molecule has 1 N–H and O–H groups in total. The number of rotatable bonds is 5. The van der Waals surface area contributed by atoms with Gasteiger partial charge in [-0.3, -0.25) is 9.59 Å². The summed E-state index contributed by atoms with van der Waals surface area (Å²) in [6.45, 7) is 6.00. The van der Waals surface area contributed by atoms with E-state index in [9.17, 15) is 9.59 Å². The number of carbonyl (C=O) groups excluding carboxylic acids is 1. The lowest BCUT2D eigenvalue weighted by Crippen LogP contribution is -2.44. The summed E-state index contributed by atoms with van der Waals surface area (Å²) >= 11 is 0. The largest absolute Gasteiger partial charge is 0.351 e. The van der Waals surface area contributed by atoms with Crippen LogP contribution in [0, 0.1) is 12.8 Å². The van der Waals surface area contributed by atoms with Gasteiger partial charge < -0.3 is 5.32 Å². The molecule has 0 saturated heterocycles. The number of amides is 1. The molecule has 1 aliphatic rings. The molecule has 1 aliphatic carbocycles. The van der Waals surface area contributed by atoms with Crippen molar-refractivity contribution in [3.63, 3.8) is 0 Å². The molecule has 7 nitrogen and oxygen atoms in total. The Morgan fingerprint density at radius 3 is 2.60 bits per heavy atom. The second kappa shape index (κ2) is 8.42. The Kier molecular flexibility index (Phi) is 5.70. The number of carbonyl (C=O) groups is 1. The number of fused-ring (bicyclic) bond motifs is 1. The summed E-state index contributed by atoms with van der Waals surface area (Å²) in [6, 6.07) is 10.1. The van der Waals surface area contributed by atoms with E-state index in [2.05, 4.69) is 41.5 Å². The van der Waals surface area contributed by atoms with Crippen molar-refractivity contribution < 1.29 is 4.79 Å². The molecular formula is C23H29N5O2. The van der Waals surface area contributed by atoms with Crippen LogP contribution in [0.4, 0.5) is 0 Å². The summed E-state index contributed by atoms with van der Waals surface area (Å²) in [5.41, 5.74) is 3.04. The third-order valence-electron chi connectivity index (χ3n) is 6.14. The van der Waals surface area contributed by atoms with Crippen molar-refractivity contribution in [2.45, 2.75) is 65.5 Å². The molecule has 0 radical (unpaired) electrons. The van der Waals surface area contributed by atoms with Gasteiger partial charge in [-0.15, -0.1) is 0 Å². The zero-order chi connectivity index (χ0) is 21.3. The van der Waals surface area contributed by atoms with Crippen molar-refractivity contribution in [3.05, 3.63) is 52.1 Å². The number of aryl methyl sites for hydroxylation is 2. The lowest BCUT2D eigenvalue weighted by Gasteiger charge is -2.29. The fourth-order valence-electron chi connectivity index (χ4n) is 4.25. The molecular weight excluding hydrogens is 378 g/mol. The average molecular weight is 408 g/mol. The van der Waals surface area contributed by atoms with Crippen molar-refractivity contribution in [1.82, 2.24) is 24.7 Å². The number of benzene rings is 1. The van der Waals surface area contributed by atoms with Crippen LogP contribution in [0.3, 0.4) is 0 Å². The van der Waals surface area contributed by atoms with E-state index in [0.29, 0.717) is 17.3 Å². The zero-order valence-corrected chi connectivity index (χ0v) is 17.9. The number of aromatic nitrogens is 4. The van der Waals surface area contributed by atoms with Crippen molar-refractivity contribution in [2.75, 3.05) is 0 Å². The monoisotopic (exact) mass is 407 g/mol. The first-order valence-corrected chi connectivity index (χ1v) is 10.8. The van der Waals surface area contributed by atoms with Gasteiger partial charge in [0.2, 0.25) is 5.91 Å². The molecule has 0 aliphatic heterocycles. The quantitative estimate of drug-likeness (QED) is 0.705. The van der Waals surface area contributed by atoms with Gasteiger partial charge in [-0.25, -0.2) is 9.20 Å². The van der Waals surface area contributed by atoms with Crippen molar-refractivity contribution in [3.8, 4) is 11.3 Å². The van der Waals surface area contributed by atoms with Crippen LogP contribution in [0.25, 0.3) is 16.8 Å². The normalized spacial score (nSPS) is 19.2. The fourth-order valence-corrected chi connectivity index (χ4v) is 4.25. The average Bonchev–Trinajstić information content (AvgIpc) is 3.20. The summed E-state index contributed by atoms with van der Waals surface area (Å²) in [6.07, 6.45) is 5.45. The molecule has 0 unspecified atom stereocenters. The summed E-state index contributed by atoms with van der Waals surface area (Å²) in [5, 5.41) is 12.0. The molecule has 1 saturated carbocycles. The first-order valence-electron chi connectivity index (χ1n) is 10.8. The number of nitrogens with zero attached hydrogens (tertiary/aromatic N) is 4. The van der Waals surface area contributed by atoms with Gasteiger partial charge in [-0.05, 0) is 43.7 Å². The second-order valence-electron chi connectivity index (χ2n) is 8.32. The first-order chi connectivity index (χ1) is 14.5.